The molecule has 0 spiro atoms. The zero-order chi connectivity index (χ0) is 17.3. The number of hydrogen-bond acceptors (Lipinski definition) is 3. The Balaban J connectivity index is 1.81. The topological polar surface area (TPSA) is 50.3 Å². The average molecular weight is 328 g/mol. The van der Waals surface area contributed by atoms with Gasteiger partial charge in [0.2, 0.25) is 5.91 Å². The maximum absolute atomic E-state index is 13.3. The molecule has 0 aliphatic heterocycles. The molecule has 1 amide bonds. The predicted octanol–water partition coefficient (Wildman–Crippen LogP) is 3.63. The van der Waals surface area contributed by atoms with Gasteiger partial charge in [0.25, 0.3) is 0 Å². The number of Topliss-reactive ketones (excluding diaryl/α,β-unsaturated/α-hetero) is 1. The molecule has 0 N–H and O–H groups in total. The maximum Gasteiger partial charge on any atom is 0.226 e. The Morgan fingerprint density at radius 2 is 1.96 bits per heavy atom. The van der Waals surface area contributed by atoms with Crippen LogP contribution in [0.3, 0.4) is 0 Å². The van der Waals surface area contributed by atoms with Crippen LogP contribution >= 0.6 is 0 Å². The smallest absolute Gasteiger partial charge is 0.226 e. The van der Waals surface area contributed by atoms with E-state index in [1.807, 2.05) is 24.1 Å². The molecule has 4 nitrogen and oxygen atoms in total. The molecule has 3 unspecified atom stereocenters. The van der Waals surface area contributed by atoms with Crippen molar-refractivity contribution in [1.82, 2.24) is 9.88 Å². The van der Waals surface area contributed by atoms with E-state index in [0.29, 0.717) is 18.2 Å². The Labute approximate surface area is 144 Å². The molecule has 0 aromatic carbocycles. The zero-order valence-electron chi connectivity index (χ0n) is 14.9. The third kappa shape index (κ3) is 3.11. The van der Waals surface area contributed by atoms with Gasteiger partial charge in [-0.2, -0.15) is 0 Å². The van der Waals surface area contributed by atoms with Gasteiger partial charge in [-0.05, 0) is 50.2 Å². The van der Waals surface area contributed by atoms with Crippen molar-refractivity contribution in [1.29, 1.82) is 0 Å². The van der Waals surface area contributed by atoms with Crippen molar-refractivity contribution >= 4 is 11.7 Å². The molecule has 3 rings (SSSR count). The summed E-state index contributed by atoms with van der Waals surface area (Å²) >= 11 is 0. The van der Waals surface area contributed by atoms with Crippen LogP contribution in [-0.4, -0.2) is 28.1 Å². The zero-order valence-corrected chi connectivity index (χ0v) is 14.9. The van der Waals surface area contributed by atoms with Crippen molar-refractivity contribution in [3.63, 3.8) is 0 Å². The van der Waals surface area contributed by atoms with E-state index in [4.69, 9.17) is 0 Å². The number of fused-ring (bicyclic) bond motifs is 2. The molecule has 2 aliphatic rings. The van der Waals surface area contributed by atoms with Gasteiger partial charge >= 0.3 is 0 Å². The van der Waals surface area contributed by atoms with E-state index in [1.165, 1.54) is 0 Å². The largest absolute Gasteiger partial charge is 0.335 e. The van der Waals surface area contributed by atoms with Crippen molar-refractivity contribution < 1.29 is 9.59 Å². The molecule has 2 saturated carbocycles. The third-order valence-electron chi connectivity index (χ3n) is 5.77. The van der Waals surface area contributed by atoms with E-state index in [-0.39, 0.29) is 29.7 Å². The van der Waals surface area contributed by atoms with Gasteiger partial charge in [0.05, 0.1) is 6.04 Å². The number of rotatable bonds is 5. The average Bonchev–Trinajstić information content (AvgIpc) is 2.80. The number of nitrogens with zero attached hydrogens (tertiary/aromatic N) is 2. The first-order valence-electron chi connectivity index (χ1n) is 9.27. The van der Waals surface area contributed by atoms with Crippen LogP contribution in [0.1, 0.15) is 58.1 Å². The summed E-state index contributed by atoms with van der Waals surface area (Å²) in [6, 6.07) is 4.04. The molecule has 3 atom stereocenters. The van der Waals surface area contributed by atoms with Gasteiger partial charge < -0.3 is 4.90 Å². The van der Waals surface area contributed by atoms with Crippen LogP contribution in [0.25, 0.3) is 0 Å². The van der Waals surface area contributed by atoms with E-state index in [0.717, 1.165) is 31.2 Å². The number of ketones is 1. The molecule has 2 aliphatic carbocycles. The molecule has 1 heterocycles. The molecule has 0 saturated heterocycles. The lowest BCUT2D eigenvalue weighted by molar-refractivity contribution is -0.142. The summed E-state index contributed by atoms with van der Waals surface area (Å²) in [6.07, 6.45) is 7.11. The summed E-state index contributed by atoms with van der Waals surface area (Å²) in [5.41, 5.74) is 1.09. The fourth-order valence-electron chi connectivity index (χ4n) is 4.67. The van der Waals surface area contributed by atoms with Gasteiger partial charge in [-0.25, -0.2) is 0 Å². The number of pyridine rings is 1. The van der Waals surface area contributed by atoms with E-state index in [9.17, 15) is 9.59 Å². The van der Waals surface area contributed by atoms with Gasteiger partial charge in [-0.15, -0.1) is 0 Å². The van der Waals surface area contributed by atoms with Crippen LogP contribution in [0.2, 0.25) is 0 Å². The van der Waals surface area contributed by atoms with Gasteiger partial charge in [-0.3, -0.25) is 14.6 Å². The quantitative estimate of drug-likeness (QED) is 0.829. The standard InChI is InChI=1S/C20H28N2O2/c1-4-22(18(13(2)3)16-6-5-9-21-12-16)20(24)17-10-14-7-8-15(11-17)19(14)23/h5-6,9,12-15,17-18H,4,7-8,10-11H2,1-3H3. The molecule has 130 valence electrons. The summed E-state index contributed by atoms with van der Waals surface area (Å²) in [6.45, 7) is 7.05. The van der Waals surface area contributed by atoms with Crippen molar-refractivity contribution in [2.75, 3.05) is 6.54 Å². The highest BCUT2D eigenvalue weighted by molar-refractivity contribution is 5.89. The normalized spacial score (nSPS) is 27.3. The van der Waals surface area contributed by atoms with Crippen LogP contribution in [0, 0.1) is 23.7 Å². The van der Waals surface area contributed by atoms with E-state index in [2.05, 4.69) is 24.9 Å². The highest BCUT2D eigenvalue weighted by atomic mass is 16.2. The summed E-state index contributed by atoms with van der Waals surface area (Å²) < 4.78 is 0. The number of amides is 1. The summed E-state index contributed by atoms with van der Waals surface area (Å²) in [7, 11) is 0. The second kappa shape index (κ2) is 7.04. The molecule has 1 aromatic rings. The Bertz CT molecular complexity index is 583. The van der Waals surface area contributed by atoms with Crippen LogP contribution in [0.5, 0.6) is 0 Å². The first-order valence-corrected chi connectivity index (χ1v) is 9.27. The minimum atomic E-state index is 0.0121. The Morgan fingerprint density at radius 3 is 2.46 bits per heavy atom. The van der Waals surface area contributed by atoms with Gasteiger partial charge in [0.1, 0.15) is 5.78 Å². The Hall–Kier alpha value is -1.71. The lowest BCUT2D eigenvalue weighted by Crippen LogP contribution is -2.43. The molecule has 4 heteroatoms. The lowest BCUT2D eigenvalue weighted by Gasteiger charge is -2.38. The van der Waals surface area contributed by atoms with Crippen molar-refractivity contribution in [2.24, 2.45) is 23.7 Å². The summed E-state index contributed by atoms with van der Waals surface area (Å²) in [5.74, 6) is 1.23. The molecular formula is C20H28N2O2. The van der Waals surface area contributed by atoms with Crippen LogP contribution in [0.4, 0.5) is 0 Å². The van der Waals surface area contributed by atoms with Gasteiger partial charge in [-0.1, -0.05) is 19.9 Å². The minimum absolute atomic E-state index is 0.0121. The van der Waals surface area contributed by atoms with E-state index >= 15 is 0 Å². The predicted molar refractivity (Wildman–Crippen MR) is 93.1 cm³/mol. The summed E-state index contributed by atoms with van der Waals surface area (Å²) in [5, 5.41) is 0. The molecule has 24 heavy (non-hydrogen) atoms. The number of aromatic nitrogens is 1. The second-order valence-corrected chi connectivity index (χ2v) is 7.64. The Kier molecular flexibility index (Phi) is 5.02. The fourth-order valence-corrected chi connectivity index (χ4v) is 4.67. The molecule has 1 aromatic heterocycles. The van der Waals surface area contributed by atoms with Gasteiger partial charge in [0, 0.05) is 36.7 Å². The molecule has 2 fully saturated rings. The van der Waals surface area contributed by atoms with Crippen molar-refractivity contribution in [3.05, 3.63) is 30.1 Å². The first-order chi connectivity index (χ1) is 11.5. The second-order valence-electron chi connectivity index (χ2n) is 7.64. The fraction of sp³-hybridized carbons (Fsp3) is 0.650. The summed E-state index contributed by atoms with van der Waals surface area (Å²) in [4.78, 5) is 31.6. The van der Waals surface area contributed by atoms with Crippen LogP contribution in [0.15, 0.2) is 24.5 Å². The maximum atomic E-state index is 13.3. The third-order valence-corrected chi connectivity index (χ3v) is 5.77. The van der Waals surface area contributed by atoms with Crippen molar-refractivity contribution in [2.45, 2.75) is 52.5 Å². The van der Waals surface area contributed by atoms with Crippen LogP contribution in [-0.2, 0) is 9.59 Å². The lowest BCUT2D eigenvalue weighted by atomic mass is 9.79. The molecular weight excluding hydrogens is 300 g/mol. The van der Waals surface area contributed by atoms with E-state index in [1.54, 1.807) is 6.20 Å². The van der Waals surface area contributed by atoms with Crippen molar-refractivity contribution in [3.8, 4) is 0 Å². The number of hydrogen-bond donors (Lipinski definition) is 0. The highest BCUT2D eigenvalue weighted by Gasteiger charge is 2.45. The SMILES string of the molecule is CCN(C(=O)C1CC2CCC(C1)C2=O)C(c1cccnc1)C(C)C. The van der Waals surface area contributed by atoms with Crippen LogP contribution < -0.4 is 0 Å². The molecule has 0 radical (unpaired) electrons. The highest BCUT2D eigenvalue weighted by Crippen LogP contribution is 2.43. The number of carbonyl (C=O) groups excluding carboxylic acids is 2. The number of carbonyl (C=O) groups is 2. The Morgan fingerprint density at radius 1 is 1.29 bits per heavy atom. The first kappa shape index (κ1) is 17.1. The van der Waals surface area contributed by atoms with E-state index < -0.39 is 0 Å². The molecule has 2 bridgehead atoms. The monoisotopic (exact) mass is 328 g/mol. The minimum Gasteiger partial charge on any atom is -0.335 e. The van der Waals surface area contributed by atoms with Gasteiger partial charge in [0.15, 0.2) is 0 Å².